The molecule has 1 atom stereocenters. The van der Waals surface area contributed by atoms with Crippen molar-refractivity contribution in [1.82, 2.24) is 4.90 Å². The molecular weight excluding hydrogens is 284 g/mol. The quantitative estimate of drug-likeness (QED) is 0.863. The summed E-state index contributed by atoms with van der Waals surface area (Å²) in [4.78, 5) is 17.1. The first-order valence-electron chi connectivity index (χ1n) is 7.14. The van der Waals surface area contributed by atoms with Crippen LogP contribution in [0.4, 0.5) is 10.7 Å². The summed E-state index contributed by atoms with van der Waals surface area (Å²) in [5.74, 6) is -0.0953. The number of likely N-dealkylation sites (N-methyl/N-ethyl adjacent to an activating group) is 1. The molecule has 1 aromatic heterocycles. The van der Waals surface area contributed by atoms with Crippen molar-refractivity contribution in [3.8, 4) is 6.07 Å². The summed E-state index contributed by atoms with van der Waals surface area (Å²) < 4.78 is 0. The lowest BCUT2D eigenvalue weighted by molar-refractivity contribution is 0.0944. The predicted molar refractivity (Wildman–Crippen MR) is 86.9 cm³/mol. The van der Waals surface area contributed by atoms with Gasteiger partial charge in [-0.15, -0.1) is 11.3 Å². The Morgan fingerprint density at radius 1 is 1.52 bits per heavy atom. The molecule has 2 rings (SSSR count). The van der Waals surface area contributed by atoms with Crippen molar-refractivity contribution in [2.24, 2.45) is 5.92 Å². The fraction of sp³-hybridized carbons (Fsp3) is 0.600. The van der Waals surface area contributed by atoms with Crippen LogP contribution in [0.3, 0.4) is 0 Å². The SMILES string of the molecule is CC(C)C(=O)c1sc(N2CCC(N(C)C)C2)c(C#N)c1N. The van der Waals surface area contributed by atoms with Crippen molar-refractivity contribution in [1.29, 1.82) is 5.26 Å². The van der Waals surface area contributed by atoms with E-state index in [2.05, 4.69) is 30.0 Å². The molecule has 1 aliphatic heterocycles. The van der Waals surface area contributed by atoms with Crippen LogP contribution in [0.5, 0.6) is 0 Å². The maximum absolute atomic E-state index is 12.2. The van der Waals surface area contributed by atoms with Crippen LogP contribution in [0, 0.1) is 17.2 Å². The van der Waals surface area contributed by atoms with Crippen LogP contribution in [0.1, 0.15) is 35.5 Å². The number of ketones is 1. The Balaban J connectivity index is 2.35. The van der Waals surface area contributed by atoms with Crippen molar-refractivity contribution in [3.05, 3.63) is 10.4 Å². The van der Waals surface area contributed by atoms with Crippen LogP contribution >= 0.6 is 11.3 Å². The average molecular weight is 306 g/mol. The Labute approximate surface area is 129 Å². The van der Waals surface area contributed by atoms with Crippen LogP contribution in [0.15, 0.2) is 0 Å². The third kappa shape index (κ3) is 2.89. The molecule has 0 bridgehead atoms. The molecule has 0 amide bonds. The first kappa shape index (κ1) is 15.8. The van der Waals surface area contributed by atoms with Crippen molar-refractivity contribution in [3.63, 3.8) is 0 Å². The highest BCUT2D eigenvalue weighted by atomic mass is 32.1. The number of carbonyl (C=O) groups excluding carboxylic acids is 1. The summed E-state index contributed by atoms with van der Waals surface area (Å²) in [6.45, 7) is 5.47. The Hall–Kier alpha value is -1.58. The average Bonchev–Trinajstić information content (AvgIpc) is 3.02. The van der Waals surface area contributed by atoms with Crippen molar-refractivity contribution < 1.29 is 4.79 Å². The van der Waals surface area contributed by atoms with Gasteiger partial charge in [0.1, 0.15) is 16.6 Å². The highest BCUT2D eigenvalue weighted by Crippen LogP contribution is 2.40. The van der Waals surface area contributed by atoms with Crippen molar-refractivity contribution in [2.75, 3.05) is 37.8 Å². The molecule has 0 saturated carbocycles. The second-order valence-electron chi connectivity index (χ2n) is 6.01. The first-order valence-corrected chi connectivity index (χ1v) is 7.96. The molecule has 114 valence electrons. The maximum Gasteiger partial charge on any atom is 0.177 e. The van der Waals surface area contributed by atoms with E-state index < -0.39 is 0 Å². The maximum atomic E-state index is 12.2. The van der Waals surface area contributed by atoms with Gasteiger partial charge in [0.2, 0.25) is 0 Å². The second-order valence-corrected chi connectivity index (χ2v) is 7.01. The number of nitrogens with two attached hydrogens (primary N) is 1. The smallest absolute Gasteiger partial charge is 0.177 e. The van der Waals surface area contributed by atoms with Crippen molar-refractivity contribution in [2.45, 2.75) is 26.3 Å². The van der Waals surface area contributed by atoms with E-state index in [9.17, 15) is 10.1 Å². The monoisotopic (exact) mass is 306 g/mol. The Bertz CT molecular complexity index is 585. The van der Waals surface area contributed by atoms with Gasteiger partial charge < -0.3 is 15.5 Å². The molecular formula is C15H22N4OS. The zero-order valence-corrected chi connectivity index (χ0v) is 13.8. The number of carbonyl (C=O) groups is 1. The normalized spacial score (nSPS) is 18.5. The van der Waals surface area contributed by atoms with Crippen LogP contribution < -0.4 is 10.6 Å². The Kier molecular flexibility index (Phi) is 4.55. The van der Waals surface area contributed by atoms with Gasteiger partial charge >= 0.3 is 0 Å². The van der Waals surface area contributed by atoms with E-state index in [1.807, 2.05) is 13.8 Å². The van der Waals surface area contributed by atoms with Gasteiger partial charge in [0, 0.05) is 25.0 Å². The largest absolute Gasteiger partial charge is 0.396 e. The predicted octanol–water partition coefficient (Wildman–Crippen LogP) is 2.18. The molecule has 0 radical (unpaired) electrons. The molecule has 1 saturated heterocycles. The van der Waals surface area contributed by atoms with Gasteiger partial charge in [0.25, 0.3) is 0 Å². The van der Waals surface area contributed by atoms with Crippen LogP contribution in [-0.2, 0) is 0 Å². The van der Waals surface area contributed by atoms with E-state index in [1.54, 1.807) is 0 Å². The fourth-order valence-electron chi connectivity index (χ4n) is 2.56. The van der Waals surface area contributed by atoms with E-state index in [1.165, 1.54) is 11.3 Å². The van der Waals surface area contributed by atoms with E-state index >= 15 is 0 Å². The summed E-state index contributed by atoms with van der Waals surface area (Å²) in [6.07, 6.45) is 1.06. The minimum atomic E-state index is -0.113. The molecule has 1 fully saturated rings. The van der Waals surface area contributed by atoms with Gasteiger partial charge in [-0.1, -0.05) is 13.8 Å². The van der Waals surface area contributed by atoms with Gasteiger partial charge in [-0.25, -0.2) is 0 Å². The number of hydrogen-bond acceptors (Lipinski definition) is 6. The number of anilines is 2. The van der Waals surface area contributed by atoms with E-state index in [0.717, 1.165) is 24.5 Å². The molecule has 1 unspecified atom stereocenters. The highest BCUT2D eigenvalue weighted by molar-refractivity contribution is 7.19. The van der Waals surface area contributed by atoms with Crippen molar-refractivity contribution >= 4 is 27.8 Å². The number of hydrogen-bond donors (Lipinski definition) is 1. The first-order chi connectivity index (χ1) is 9.86. The molecule has 0 spiro atoms. The van der Waals surface area contributed by atoms with E-state index in [0.29, 0.717) is 22.2 Å². The van der Waals surface area contributed by atoms with Gasteiger partial charge in [0.15, 0.2) is 5.78 Å². The summed E-state index contributed by atoms with van der Waals surface area (Å²) in [5.41, 5.74) is 6.86. The third-order valence-corrected chi connectivity index (χ3v) is 5.25. The third-order valence-electron chi connectivity index (χ3n) is 3.97. The molecule has 0 aliphatic carbocycles. The number of nitrogens with zero attached hydrogens (tertiary/aromatic N) is 3. The summed E-state index contributed by atoms with van der Waals surface area (Å²) in [6, 6.07) is 2.65. The summed E-state index contributed by atoms with van der Waals surface area (Å²) in [7, 11) is 4.13. The molecule has 21 heavy (non-hydrogen) atoms. The Morgan fingerprint density at radius 2 is 2.19 bits per heavy atom. The van der Waals surface area contributed by atoms with E-state index in [4.69, 9.17) is 5.73 Å². The number of rotatable bonds is 4. The molecule has 2 N–H and O–H groups in total. The minimum Gasteiger partial charge on any atom is -0.396 e. The zero-order chi connectivity index (χ0) is 15.7. The summed E-state index contributed by atoms with van der Waals surface area (Å²) >= 11 is 1.37. The molecule has 0 aromatic carbocycles. The van der Waals surface area contributed by atoms with Crippen LogP contribution in [-0.4, -0.2) is 43.9 Å². The zero-order valence-electron chi connectivity index (χ0n) is 13.0. The fourth-order valence-corrected chi connectivity index (χ4v) is 3.85. The Morgan fingerprint density at radius 3 is 2.67 bits per heavy atom. The number of nitrogen functional groups attached to an aromatic ring is 1. The lowest BCUT2D eigenvalue weighted by Crippen LogP contribution is -2.31. The summed E-state index contributed by atoms with van der Waals surface area (Å²) in [5, 5.41) is 10.2. The van der Waals surface area contributed by atoms with Gasteiger partial charge in [-0.05, 0) is 20.5 Å². The van der Waals surface area contributed by atoms with Gasteiger partial charge in [-0.3, -0.25) is 4.79 Å². The number of Topliss-reactive ketones (excluding diaryl/α,β-unsaturated/α-hetero) is 1. The molecule has 1 aliphatic rings. The van der Waals surface area contributed by atoms with Gasteiger partial charge in [-0.2, -0.15) is 5.26 Å². The van der Waals surface area contributed by atoms with Crippen LogP contribution in [0.25, 0.3) is 0 Å². The van der Waals surface area contributed by atoms with Gasteiger partial charge in [0.05, 0.1) is 10.6 Å². The lowest BCUT2D eigenvalue weighted by Gasteiger charge is -2.20. The topological polar surface area (TPSA) is 73.4 Å². The minimum absolute atomic E-state index is 0.0172. The lowest BCUT2D eigenvalue weighted by atomic mass is 10.1. The highest BCUT2D eigenvalue weighted by Gasteiger charge is 2.30. The number of nitriles is 1. The molecule has 2 heterocycles. The standard InChI is InChI=1S/C15H22N4OS/c1-9(2)13(20)14-12(17)11(7-16)15(21-14)19-6-5-10(8-19)18(3)4/h9-10H,5-6,8,17H2,1-4H3. The number of thiophene rings is 1. The van der Waals surface area contributed by atoms with E-state index in [-0.39, 0.29) is 11.7 Å². The second kappa shape index (κ2) is 6.04. The molecule has 6 heteroatoms. The molecule has 5 nitrogen and oxygen atoms in total. The molecule has 1 aromatic rings. The van der Waals surface area contributed by atoms with Crippen LogP contribution in [0.2, 0.25) is 0 Å².